The lowest BCUT2D eigenvalue weighted by Crippen LogP contribution is -2.32. The number of carbonyl (C=O) groups is 3. The summed E-state index contributed by atoms with van der Waals surface area (Å²) >= 11 is 0. The number of ketones is 1. The van der Waals surface area contributed by atoms with Crippen molar-refractivity contribution < 1.29 is 19.1 Å². The summed E-state index contributed by atoms with van der Waals surface area (Å²) in [6.45, 7) is 1.16. The second-order valence-corrected chi connectivity index (χ2v) is 6.21. The molecule has 12 heteroatoms. The van der Waals surface area contributed by atoms with Crippen molar-refractivity contribution in [3.05, 3.63) is 60.0 Å². The standard InChI is InChI=1S/C20H16N8O4/c1-12(29)16(18(30)25-15-7-4-3-6-14(15)19(31)32-2)26-27-17-13(10-21)11-24-28(17)20-22-8-5-9-23-20/h3-9,11,16H,1-2H3,(H,25,30). The fourth-order valence-corrected chi connectivity index (χ4v) is 2.58. The van der Waals surface area contributed by atoms with Crippen molar-refractivity contribution in [2.24, 2.45) is 10.2 Å². The van der Waals surface area contributed by atoms with E-state index < -0.39 is 23.7 Å². The van der Waals surface area contributed by atoms with E-state index in [4.69, 9.17) is 4.74 Å². The second kappa shape index (κ2) is 9.81. The van der Waals surface area contributed by atoms with Gasteiger partial charge in [0, 0.05) is 12.4 Å². The third-order valence-electron chi connectivity index (χ3n) is 4.10. The molecule has 1 amide bonds. The molecule has 0 aliphatic carbocycles. The van der Waals surface area contributed by atoms with Crippen LogP contribution in [0.1, 0.15) is 22.8 Å². The zero-order valence-electron chi connectivity index (χ0n) is 17.0. The molecule has 0 saturated heterocycles. The van der Waals surface area contributed by atoms with E-state index in [-0.39, 0.29) is 28.6 Å². The number of benzene rings is 1. The van der Waals surface area contributed by atoms with Crippen LogP contribution >= 0.6 is 0 Å². The molecular formula is C20H16N8O4. The van der Waals surface area contributed by atoms with Crippen LogP contribution in [0.15, 0.2) is 59.2 Å². The molecule has 0 spiro atoms. The molecule has 1 N–H and O–H groups in total. The molecule has 160 valence electrons. The Kier molecular flexibility index (Phi) is 6.72. The molecule has 2 heterocycles. The van der Waals surface area contributed by atoms with Gasteiger partial charge in [-0.15, -0.1) is 5.11 Å². The van der Waals surface area contributed by atoms with Gasteiger partial charge in [0.25, 0.3) is 11.9 Å². The van der Waals surface area contributed by atoms with E-state index in [0.717, 1.165) is 11.6 Å². The van der Waals surface area contributed by atoms with Gasteiger partial charge >= 0.3 is 5.97 Å². The predicted molar refractivity (Wildman–Crippen MR) is 109 cm³/mol. The van der Waals surface area contributed by atoms with Crippen LogP contribution in [0.4, 0.5) is 11.5 Å². The predicted octanol–water partition coefficient (Wildman–Crippen LogP) is 2.00. The van der Waals surface area contributed by atoms with Crippen molar-refractivity contribution >= 4 is 29.2 Å². The van der Waals surface area contributed by atoms with E-state index in [1.807, 2.05) is 6.07 Å². The van der Waals surface area contributed by atoms with Crippen molar-refractivity contribution in [1.82, 2.24) is 19.7 Å². The van der Waals surface area contributed by atoms with Crippen LogP contribution in [-0.4, -0.2) is 50.6 Å². The quantitative estimate of drug-likeness (QED) is 0.336. The van der Waals surface area contributed by atoms with Crippen LogP contribution in [-0.2, 0) is 14.3 Å². The number of para-hydroxylation sites is 1. The number of hydrogen-bond acceptors (Lipinski definition) is 10. The lowest BCUT2D eigenvalue weighted by atomic mass is 10.1. The summed E-state index contributed by atoms with van der Waals surface area (Å²) in [6, 6.07) is 8.10. The molecule has 12 nitrogen and oxygen atoms in total. The lowest BCUT2D eigenvalue weighted by molar-refractivity contribution is -0.126. The summed E-state index contributed by atoms with van der Waals surface area (Å²) in [6.07, 6.45) is 4.18. The largest absolute Gasteiger partial charge is 0.465 e. The number of carbonyl (C=O) groups excluding carboxylic acids is 3. The fourth-order valence-electron chi connectivity index (χ4n) is 2.58. The van der Waals surface area contributed by atoms with Crippen LogP contribution in [0, 0.1) is 11.3 Å². The Balaban J connectivity index is 1.91. The lowest BCUT2D eigenvalue weighted by Gasteiger charge is -2.12. The van der Waals surface area contributed by atoms with Gasteiger partial charge in [0.1, 0.15) is 11.6 Å². The van der Waals surface area contributed by atoms with Crippen molar-refractivity contribution in [3.63, 3.8) is 0 Å². The summed E-state index contributed by atoms with van der Waals surface area (Å²) in [4.78, 5) is 44.8. The smallest absolute Gasteiger partial charge is 0.339 e. The molecule has 0 aliphatic heterocycles. The maximum Gasteiger partial charge on any atom is 0.339 e. The van der Waals surface area contributed by atoms with Crippen LogP contribution in [0.5, 0.6) is 0 Å². The minimum Gasteiger partial charge on any atom is -0.465 e. The number of methoxy groups -OCH3 is 1. The Labute approximate surface area is 181 Å². The molecule has 32 heavy (non-hydrogen) atoms. The average molecular weight is 432 g/mol. The summed E-state index contributed by atoms with van der Waals surface area (Å²) in [7, 11) is 1.21. The Morgan fingerprint density at radius 1 is 1.19 bits per heavy atom. The second-order valence-electron chi connectivity index (χ2n) is 6.21. The summed E-state index contributed by atoms with van der Waals surface area (Å²) in [5, 5.41) is 23.6. The first kappa shape index (κ1) is 21.9. The van der Waals surface area contributed by atoms with E-state index in [9.17, 15) is 19.6 Å². The van der Waals surface area contributed by atoms with Gasteiger partial charge in [-0.2, -0.15) is 20.2 Å². The first-order valence-electron chi connectivity index (χ1n) is 9.11. The molecule has 0 aliphatic rings. The number of esters is 1. The monoisotopic (exact) mass is 432 g/mol. The fraction of sp³-hybridized carbons (Fsp3) is 0.150. The first-order chi connectivity index (χ1) is 15.5. The zero-order valence-corrected chi connectivity index (χ0v) is 17.0. The van der Waals surface area contributed by atoms with Gasteiger partial charge in [0.05, 0.1) is 24.6 Å². The molecule has 2 aromatic heterocycles. The number of nitrogens with one attached hydrogen (secondary N) is 1. The van der Waals surface area contributed by atoms with Crippen LogP contribution in [0.25, 0.3) is 5.95 Å². The highest BCUT2D eigenvalue weighted by molar-refractivity contribution is 6.12. The van der Waals surface area contributed by atoms with Gasteiger partial charge in [-0.25, -0.2) is 14.8 Å². The summed E-state index contributed by atoms with van der Waals surface area (Å²) in [5.74, 6) is -2.01. The molecule has 0 fully saturated rings. The Hall–Kier alpha value is -4.79. The SMILES string of the molecule is COC(=O)c1ccccc1NC(=O)C(N=Nc1c(C#N)cnn1-c1ncccn1)C(C)=O. The number of anilines is 1. The topological polar surface area (TPSA) is 165 Å². The van der Waals surface area contributed by atoms with E-state index >= 15 is 0 Å². The van der Waals surface area contributed by atoms with Gasteiger partial charge in [-0.05, 0) is 25.1 Å². The molecule has 1 unspecified atom stereocenters. The molecular weight excluding hydrogens is 416 g/mol. The minimum absolute atomic E-state index is 0.0416. The van der Waals surface area contributed by atoms with Crippen LogP contribution < -0.4 is 5.32 Å². The maximum atomic E-state index is 12.7. The van der Waals surface area contributed by atoms with Crippen molar-refractivity contribution in [2.45, 2.75) is 13.0 Å². The summed E-state index contributed by atoms with van der Waals surface area (Å²) in [5.41, 5.74) is 0.292. The van der Waals surface area contributed by atoms with Gasteiger partial charge in [-0.3, -0.25) is 9.59 Å². The Morgan fingerprint density at radius 3 is 2.56 bits per heavy atom. The van der Waals surface area contributed by atoms with Gasteiger partial charge < -0.3 is 10.1 Å². The number of amides is 1. The normalized spacial score (nSPS) is 11.5. The van der Waals surface area contributed by atoms with E-state index in [1.165, 1.54) is 37.8 Å². The highest BCUT2D eigenvalue weighted by Gasteiger charge is 2.25. The van der Waals surface area contributed by atoms with Crippen molar-refractivity contribution in [1.29, 1.82) is 5.26 Å². The Bertz CT molecular complexity index is 1230. The molecule has 3 aromatic rings. The van der Waals surface area contributed by atoms with Crippen LogP contribution in [0.3, 0.4) is 0 Å². The number of ether oxygens (including phenoxy) is 1. The molecule has 1 atom stereocenters. The van der Waals surface area contributed by atoms with Crippen LogP contribution in [0.2, 0.25) is 0 Å². The third-order valence-corrected chi connectivity index (χ3v) is 4.10. The molecule has 0 radical (unpaired) electrons. The Morgan fingerprint density at radius 2 is 1.91 bits per heavy atom. The number of aromatic nitrogens is 4. The highest BCUT2D eigenvalue weighted by Crippen LogP contribution is 2.22. The number of nitrogens with zero attached hydrogens (tertiary/aromatic N) is 7. The number of rotatable bonds is 7. The van der Waals surface area contributed by atoms with Crippen molar-refractivity contribution in [3.8, 4) is 12.0 Å². The first-order valence-corrected chi connectivity index (χ1v) is 9.11. The third kappa shape index (κ3) is 4.68. The highest BCUT2D eigenvalue weighted by atomic mass is 16.5. The summed E-state index contributed by atoms with van der Waals surface area (Å²) < 4.78 is 5.85. The van der Waals surface area contributed by atoms with E-state index in [2.05, 4.69) is 30.6 Å². The number of azo groups is 1. The molecule has 0 saturated carbocycles. The van der Waals surface area contributed by atoms with Gasteiger partial charge in [0.15, 0.2) is 11.6 Å². The van der Waals surface area contributed by atoms with Crippen molar-refractivity contribution in [2.75, 3.05) is 12.4 Å². The molecule has 1 aromatic carbocycles. The number of nitriles is 1. The van der Waals surface area contributed by atoms with E-state index in [1.54, 1.807) is 18.2 Å². The zero-order chi connectivity index (χ0) is 23.1. The number of hydrogen-bond donors (Lipinski definition) is 1. The molecule has 3 rings (SSSR count). The minimum atomic E-state index is -1.55. The maximum absolute atomic E-state index is 12.7. The number of Topliss-reactive ketones (excluding diaryl/α,β-unsaturated/α-hetero) is 1. The van der Waals surface area contributed by atoms with Gasteiger partial charge in [-0.1, -0.05) is 12.1 Å². The van der Waals surface area contributed by atoms with E-state index in [0.29, 0.717) is 0 Å². The van der Waals surface area contributed by atoms with Gasteiger partial charge in [0.2, 0.25) is 6.04 Å². The molecule has 0 bridgehead atoms. The average Bonchev–Trinajstić information content (AvgIpc) is 3.22.